The SMILES string of the molecule is CCc1cc(Nc2ncc(C(C=NC)=CN)c(Nc3ccccc3P(C)(C)=O)n2)c(OC)cc1N1CCC(N2CCN(C3CC(Oc4cccc5c4CN(C4CCC(=O)NC4=O)C5=O)C3)CC2)CC1. The smallest absolute Gasteiger partial charge is 0.255 e. The Morgan fingerprint density at radius 1 is 0.928 bits per heavy atom. The number of hydrogen-bond donors (Lipinski definition) is 4. The van der Waals surface area contributed by atoms with Crippen LogP contribution < -0.4 is 41.4 Å². The minimum absolute atomic E-state index is 0.0811. The zero-order chi connectivity index (χ0) is 48.4. The number of aryl methyl sites for hydroxylation is 1. The summed E-state index contributed by atoms with van der Waals surface area (Å²) in [4.78, 5) is 60.8. The molecule has 1 aromatic heterocycles. The van der Waals surface area contributed by atoms with Crippen molar-refractivity contribution in [2.24, 2.45) is 10.7 Å². The second-order valence-corrected chi connectivity index (χ2v) is 22.1. The van der Waals surface area contributed by atoms with Gasteiger partial charge in [0.2, 0.25) is 17.8 Å². The number of carbonyl (C=O) groups is 3. The number of fused-ring (bicyclic) bond motifs is 1. The summed E-state index contributed by atoms with van der Waals surface area (Å²) in [5.74, 6) is 1.37. The highest BCUT2D eigenvalue weighted by atomic mass is 31.2. The van der Waals surface area contributed by atoms with Crippen LogP contribution in [0.2, 0.25) is 0 Å². The van der Waals surface area contributed by atoms with E-state index in [4.69, 9.17) is 20.2 Å². The van der Waals surface area contributed by atoms with Gasteiger partial charge in [-0.1, -0.05) is 25.1 Å². The molecule has 1 saturated carbocycles. The maximum absolute atomic E-state index is 13.3. The van der Waals surface area contributed by atoms with Gasteiger partial charge in [0.25, 0.3) is 5.91 Å². The van der Waals surface area contributed by atoms with E-state index < -0.39 is 19.1 Å². The number of hydrogen-bond acceptors (Lipinski definition) is 15. The van der Waals surface area contributed by atoms with Crippen LogP contribution in [-0.2, 0) is 27.1 Å². The van der Waals surface area contributed by atoms with E-state index in [0.29, 0.717) is 70.3 Å². The first kappa shape index (κ1) is 47.8. The molecule has 0 radical (unpaired) electrons. The van der Waals surface area contributed by atoms with Crippen LogP contribution in [0.3, 0.4) is 0 Å². The molecule has 0 bridgehead atoms. The fourth-order valence-corrected chi connectivity index (χ4v) is 11.7. The van der Waals surface area contributed by atoms with E-state index in [1.807, 2.05) is 36.4 Å². The summed E-state index contributed by atoms with van der Waals surface area (Å²) < 4.78 is 25.8. The van der Waals surface area contributed by atoms with Gasteiger partial charge < -0.3 is 40.2 Å². The molecule has 0 spiro atoms. The standard InChI is InChI=1S/C51H64N11O6P/c1-6-32-24-41(56-51-54-30-38(33(28-52)29-53-2)48(58-51)55-40-11-7-8-13-46(40)69(4,5)66)45(67-3)27-43(32)61-18-16-34(17-19-61)59-20-22-60(23-21-59)35-25-36(26-35)68-44-12-9-10-37-39(44)31-62(50(37)65)42-14-15-47(63)57-49(42)64/h7-13,24,27-30,34-36,42H,6,14-23,25-26,31,52H2,1-5H3,(H,57,63,64)(H2,54,55,56,58). The van der Waals surface area contributed by atoms with Gasteiger partial charge in [-0.15, -0.1) is 0 Å². The normalized spacial score (nSPS) is 21.8. The number of nitrogens with zero attached hydrogens (tertiary/aromatic N) is 7. The maximum Gasteiger partial charge on any atom is 0.255 e. The quantitative estimate of drug-likeness (QED) is 0.0639. The monoisotopic (exact) mass is 957 g/mol. The molecule has 364 valence electrons. The average molecular weight is 958 g/mol. The summed E-state index contributed by atoms with van der Waals surface area (Å²) in [7, 11) is 0.734. The Kier molecular flexibility index (Phi) is 14.1. The van der Waals surface area contributed by atoms with Gasteiger partial charge in [-0.3, -0.25) is 34.5 Å². The predicted molar refractivity (Wildman–Crippen MR) is 271 cm³/mol. The number of rotatable bonds is 15. The number of amides is 3. The van der Waals surface area contributed by atoms with Crippen molar-refractivity contribution in [3.05, 3.63) is 89.2 Å². The number of allylic oxidation sites excluding steroid dienone is 1. The molecule has 69 heavy (non-hydrogen) atoms. The molecular formula is C51H64N11O6P. The first-order valence-corrected chi connectivity index (χ1v) is 26.7. The third kappa shape index (κ3) is 10.1. The summed E-state index contributed by atoms with van der Waals surface area (Å²) in [5, 5.41) is 9.95. The van der Waals surface area contributed by atoms with Crippen molar-refractivity contribution in [1.29, 1.82) is 0 Å². The van der Waals surface area contributed by atoms with Crippen LogP contribution in [0, 0.1) is 0 Å². The topological polar surface area (TPSA) is 200 Å². The number of carbonyl (C=O) groups excluding carboxylic acids is 3. The molecule has 18 heteroatoms. The Morgan fingerprint density at radius 3 is 2.35 bits per heavy atom. The summed E-state index contributed by atoms with van der Waals surface area (Å²) in [6, 6.07) is 17.8. The number of nitrogens with one attached hydrogen (secondary N) is 3. The van der Waals surface area contributed by atoms with E-state index in [-0.39, 0.29) is 24.3 Å². The molecule has 1 atom stereocenters. The fraction of sp³-hybridized carbons (Fsp3) is 0.451. The Balaban J connectivity index is 0.789. The van der Waals surface area contributed by atoms with Crippen molar-refractivity contribution in [2.75, 3.05) is 82.3 Å². The summed E-state index contributed by atoms with van der Waals surface area (Å²) in [6.45, 7) is 12.1. The molecule has 1 aliphatic carbocycles. The Hall–Kier alpha value is -6.29. The van der Waals surface area contributed by atoms with Crippen LogP contribution in [0.5, 0.6) is 11.5 Å². The lowest BCUT2D eigenvalue weighted by Crippen LogP contribution is -2.58. The molecule has 5 N–H and O–H groups in total. The van der Waals surface area contributed by atoms with Gasteiger partial charge in [0.15, 0.2) is 0 Å². The minimum Gasteiger partial charge on any atom is -0.494 e. The van der Waals surface area contributed by atoms with Crippen LogP contribution in [0.15, 0.2) is 72.0 Å². The molecule has 4 aliphatic heterocycles. The van der Waals surface area contributed by atoms with Gasteiger partial charge in [-0.05, 0) is 74.9 Å². The second kappa shape index (κ2) is 20.4. The molecule has 3 amide bonds. The lowest BCUT2D eigenvalue weighted by atomic mass is 9.87. The van der Waals surface area contributed by atoms with Crippen LogP contribution in [0.4, 0.5) is 28.8 Å². The largest absolute Gasteiger partial charge is 0.494 e. The van der Waals surface area contributed by atoms with Crippen LogP contribution in [0.1, 0.15) is 72.5 Å². The molecule has 17 nitrogen and oxygen atoms in total. The lowest BCUT2D eigenvalue weighted by molar-refractivity contribution is -0.136. The van der Waals surface area contributed by atoms with E-state index >= 15 is 0 Å². The van der Waals surface area contributed by atoms with Gasteiger partial charge in [0, 0.05) is 136 Å². The molecule has 4 fully saturated rings. The Morgan fingerprint density at radius 2 is 1.67 bits per heavy atom. The summed E-state index contributed by atoms with van der Waals surface area (Å²) in [6.07, 6.45) is 10.4. The summed E-state index contributed by atoms with van der Waals surface area (Å²) >= 11 is 0. The van der Waals surface area contributed by atoms with E-state index in [1.54, 1.807) is 50.9 Å². The highest BCUT2D eigenvalue weighted by molar-refractivity contribution is 7.70. The number of piperazine rings is 1. The number of piperidine rings is 2. The van der Waals surface area contributed by atoms with Crippen molar-refractivity contribution >= 4 is 70.8 Å². The van der Waals surface area contributed by atoms with Crippen molar-refractivity contribution in [3.8, 4) is 11.5 Å². The maximum atomic E-state index is 13.3. The first-order chi connectivity index (χ1) is 33.3. The second-order valence-electron chi connectivity index (χ2n) is 19.0. The van der Waals surface area contributed by atoms with Gasteiger partial charge in [-0.2, -0.15) is 4.98 Å². The number of aromatic nitrogens is 2. The van der Waals surface area contributed by atoms with Crippen LogP contribution in [0.25, 0.3) is 5.57 Å². The van der Waals surface area contributed by atoms with Gasteiger partial charge in [0.05, 0.1) is 25.0 Å². The summed E-state index contributed by atoms with van der Waals surface area (Å²) in [5.41, 5.74) is 12.5. The zero-order valence-corrected chi connectivity index (χ0v) is 41.1. The number of benzene rings is 3. The Bertz CT molecular complexity index is 2700. The number of aliphatic imine (C=N–C) groups is 1. The van der Waals surface area contributed by atoms with Crippen LogP contribution in [-0.4, -0.2) is 140 Å². The van der Waals surface area contributed by atoms with Crippen molar-refractivity contribution < 1.29 is 28.4 Å². The van der Waals surface area contributed by atoms with Crippen LogP contribution >= 0.6 is 7.14 Å². The number of anilines is 5. The molecule has 5 aliphatic rings. The van der Waals surface area contributed by atoms with Crippen molar-refractivity contribution in [3.63, 3.8) is 0 Å². The van der Waals surface area contributed by atoms with Gasteiger partial charge in [0.1, 0.15) is 36.6 Å². The van der Waals surface area contributed by atoms with E-state index in [1.165, 1.54) is 17.5 Å². The van der Waals surface area contributed by atoms with E-state index in [2.05, 4.69) is 59.7 Å². The minimum atomic E-state index is -2.62. The third-order valence-electron chi connectivity index (χ3n) is 14.4. The predicted octanol–water partition coefficient (Wildman–Crippen LogP) is 5.74. The van der Waals surface area contributed by atoms with E-state index in [0.717, 1.165) is 88.4 Å². The third-order valence-corrected chi connectivity index (χ3v) is 16.0. The molecule has 3 saturated heterocycles. The number of ether oxygens (including phenoxy) is 2. The molecule has 5 heterocycles. The van der Waals surface area contributed by atoms with Gasteiger partial charge >= 0.3 is 0 Å². The van der Waals surface area contributed by atoms with Crippen molar-refractivity contribution in [1.82, 2.24) is 30.0 Å². The molecule has 3 aromatic carbocycles. The van der Waals surface area contributed by atoms with Gasteiger partial charge in [-0.25, -0.2) is 4.98 Å². The molecule has 1 unspecified atom stereocenters. The molecular weight excluding hydrogens is 894 g/mol. The molecule has 9 rings (SSSR count). The number of methoxy groups -OCH3 is 1. The Labute approximate surface area is 404 Å². The zero-order valence-electron chi connectivity index (χ0n) is 40.2. The van der Waals surface area contributed by atoms with E-state index in [9.17, 15) is 18.9 Å². The highest BCUT2D eigenvalue weighted by Crippen LogP contribution is 2.41. The number of para-hydroxylation sites is 1. The lowest BCUT2D eigenvalue weighted by Gasteiger charge is -2.48. The number of nitrogens with two attached hydrogens (primary N) is 1. The van der Waals surface area contributed by atoms with Crippen molar-refractivity contribution in [2.45, 2.75) is 82.6 Å². The first-order valence-electron chi connectivity index (χ1n) is 24.1. The highest BCUT2D eigenvalue weighted by Gasteiger charge is 2.42. The fourth-order valence-electron chi connectivity index (χ4n) is 10.6. The number of imide groups is 1. The average Bonchev–Trinajstić information content (AvgIpc) is 3.67. The molecule has 4 aromatic rings.